The van der Waals surface area contributed by atoms with Gasteiger partial charge in [-0.2, -0.15) is 0 Å². The van der Waals surface area contributed by atoms with Gasteiger partial charge in [-0.25, -0.2) is 4.98 Å². The van der Waals surface area contributed by atoms with Crippen LogP contribution >= 0.6 is 0 Å². The molecule has 1 atom stereocenters. The highest BCUT2D eigenvalue weighted by molar-refractivity contribution is 5.80. The van der Waals surface area contributed by atoms with Gasteiger partial charge in [0.2, 0.25) is 0 Å². The van der Waals surface area contributed by atoms with Crippen LogP contribution in [-0.4, -0.2) is 41.0 Å². The molecule has 1 fully saturated rings. The second-order valence-corrected chi connectivity index (χ2v) is 6.12. The number of Topliss-reactive ketones (excluding diaryl/α,β-unsaturated/α-hetero) is 1. The fourth-order valence-electron chi connectivity index (χ4n) is 3.16. The van der Waals surface area contributed by atoms with Crippen molar-refractivity contribution in [3.8, 4) is 11.5 Å². The van der Waals surface area contributed by atoms with E-state index in [1.165, 1.54) is 0 Å². The van der Waals surface area contributed by atoms with E-state index in [2.05, 4.69) is 9.88 Å². The van der Waals surface area contributed by atoms with Crippen LogP contribution in [0, 0.1) is 0 Å². The van der Waals surface area contributed by atoms with Crippen molar-refractivity contribution < 1.29 is 14.3 Å². The summed E-state index contributed by atoms with van der Waals surface area (Å²) in [6.45, 7) is 1.44. The SMILES string of the molecule is COc1ccc(CN2CCC(=O)CC2c2cn(C)cn2)c(OC)c1. The largest absolute Gasteiger partial charge is 0.497 e. The van der Waals surface area contributed by atoms with E-state index in [1.807, 2.05) is 36.0 Å². The summed E-state index contributed by atoms with van der Waals surface area (Å²) >= 11 is 0. The Bertz CT molecular complexity index is 726. The van der Waals surface area contributed by atoms with E-state index in [-0.39, 0.29) is 6.04 Å². The van der Waals surface area contributed by atoms with E-state index in [1.54, 1.807) is 20.5 Å². The summed E-state index contributed by atoms with van der Waals surface area (Å²) in [5.74, 6) is 1.86. The summed E-state index contributed by atoms with van der Waals surface area (Å²) in [6, 6.07) is 5.85. The normalized spacial score (nSPS) is 18.6. The Labute approximate surface area is 142 Å². The smallest absolute Gasteiger partial charge is 0.136 e. The number of rotatable bonds is 5. The number of benzene rings is 1. The van der Waals surface area contributed by atoms with Crippen molar-refractivity contribution >= 4 is 5.78 Å². The molecule has 6 heteroatoms. The number of imidazole rings is 1. The van der Waals surface area contributed by atoms with Crippen LogP contribution in [0.15, 0.2) is 30.7 Å². The number of carbonyl (C=O) groups is 1. The molecular formula is C18H23N3O3. The van der Waals surface area contributed by atoms with E-state index in [4.69, 9.17) is 9.47 Å². The number of ether oxygens (including phenoxy) is 2. The first-order chi connectivity index (χ1) is 11.6. The number of hydrogen-bond donors (Lipinski definition) is 0. The van der Waals surface area contributed by atoms with E-state index in [9.17, 15) is 4.79 Å². The molecule has 0 bridgehead atoms. The van der Waals surface area contributed by atoms with Gasteiger partial charge in [0.25, 0.3) is 0 Å². The monoisotopic (exact) mass is 329 g/mol. The van der Waals surface area contributed by atoms with Gasteiger partial charge in [-0.3, -0.25) is 9.69 Å². The predicted molar refractivity (Wildman–Crippen MR) is 90.1 cm³/mol. The van der Waals surface area contributed by atoms with Crippen LogP contribution in [0.1, 0.15) is 30.1 Å². The Kier molecular flexibility index (Phi) is 4.85. The molecule has 0 radical (unpaired) electrons. The Hall–Kier alpha value is -2.34. The number of aryl methyl sites for hydroxylation is 1. The lowest BCUT2D eigenvalue weighted by Crippen LogP contribution is -2.36. The summed E-state index contributed by atoms with van der Waals surface area (Å²) in [6.07, 6.45) is 4.86. The van der Waals surface area contributed by atoms with Gasteiger partial charge in [0.05, 0.1) is 32.3 Å². The van der Waals surface area contributed by atoms with Crippen molar-refractivity contribution in [3.63, 3.8) is 0 Å². The maximum Gasteiger partial charge on any atom is 0.136 e. The molecular weight excluding hydrogens is 306 g/mol. The number of carbonyl (C=O) groups excluding carboxylic acids is 1. The minimum Gasteiger partial charge on any atom is -0.497 e. The molecule has 0 spiro atoms. The van der Waals surface area contributed by atoms with Crippen LogP contribution in [0.25, 0.3) is 0 Å². The second-order valence-electron chi connectivity index (χ2n) is 6.12. The van der Waals surface area contributed by atoms with E-state index in [0.29, 0.717) is 25.2 Å². The predicted octanol–water partition coefficient (Wildman–Crippen LogP) is 2.34. The van der Waals surface area contributed by atoms with Gasteiger partial charge in [-0.1, -0.05) is 6.07 Å². The Morgan fingerprint density at radius 1 is 1.29 bits per heavy atom. The van der Waals surface area contributed by atoms with E-state index in [0.717, 1.165) is 29.3 Å². The van der Waals surface area contributed by atoms with Crippen molar-refractivity contribution in [2.24, 2.45) is 7.05 Å². The minimum atomic E-state index is 0.0132. The van der Waals surface area contributed by atoms with Crippen LogP contribution in [0.3, 0.4) is 0 Å². The van der Waals surface area contributed by atoms with Crippen molar-refractivity contribution in [2.45, 2.75) is 25.4 Å². The molecule has 0 N–H and O–H groups in total. The van der Waals surface area contributed by atoms with Gasteiger partial charge in [0, 0.05) is 50.8 Å². The summed E-state index contributed by atoms with van der Waals surface area (Å²) in [5.41, 5.74) is 2.02. The van der Waals surface area contributed by atoms with Gasteiger partial charge in [-0.15, -0.1) is 0 Å². The third-order valence-corrected chi connectivity index (χ3v) is 4.47. The molecule has 1 unspecified atom stereocenters. The molecule has 1 aromatic heterocycles. The minimum absolute atomic E-state index is 0.0132. The van der Waals surface area contributed by atoms with E-state index < -0.39 is 0 Å². The molecule has 2 heterocycles. The number of hydrogen-bond acceptors (Lipinski definition) is 5. The van der Waals surface area contributed by atoms with Gasteiger partial charge >= 0.3 is 0 Å². The molecule has 6 nitrogen and oxygen atoms in total. The van der Waals surface area contributed by atoms with Crippen molar-refractivity contribution in [3.05, 3.63) is 42.0 Å². The fraction of sp³-hybridized carbons (Fsp3) is 0.444. The van der Waals surface area contributed by atoms with Crippen molar-refractivity contribution in [1.29, 1.82) is 0 Å². The van der Waals surface area contributed by atoms with Crippen LogP contribution in [0.4, 0.5) is 0 Å². The van der Waals surface area contributed by atoms with Crippen LogP contribution in [-0.2, 0) is 18.4 Å². The van der Waals surface area contributed by atoms with Gasteiger partial charge in [0.15, 0.2) is 0 Å². The fourth-order valence-corrected chi connectivity index (χ4v) is 3.16. The average Bonchev–Trinajstić information content (AvgIpc) is 3.03. The first kappa shape index (κ1) is 16.5. The first-order valence-corrected chi connectivity index (χ1v) is 8.05. The quantitative estimate of drug-likeness (QED) is 0.843. The number of aromatic nitrogens is 2. The first-order valence-electron chi connectivity index (χ1n) is 8.05. The number of likely N-dealkylation sites (tertiary alicyclic amines) is 1. The Balaban J connectivity index is 1.85. The van der Waals surface area contributed by atoms with Gasteiger partial charge in [-0.05, 0) is 6.07 Å². The maximum absolute atomic E-state index is 12.0. The number of methoxy groups -OCH3 is 2. The molecule has 1 aliphatic rings. The number of ketones is 1. The highest BCUT2D eigenvalue weighted by Gasteiger charge is 2.30. The molecule has 0 amide bonds. The average molecular weight is 329 g/mol. The Morgan fingerprint density at radius 2 is 2.12 bits per heavy atom. The molecule has 128 valence electrons. The lowest BCUT2D eigenvalue weighted by Gasteiger charge is -2.34. The van der Waals surface area contributed by atoms with Crippen LogP contribution in [0.5, 0.6) is 11.5 Å². The zero-order valence-electron chi connectivity index (χ0n) is 14.4. The standard InChI is InChI=1S/C18H23N3O3/c1-20-11-16(19-12-20)17-8-14(22)6-7-21(17)10-13-4-5-15(23-2)9-18(13)24-3/h4-5,9,11-12,17H,6-8,10H2,1-3H3. The third-order valence-electron chi connectivity index (χ3n) is 4.47. The van der Waals surface area contributed by atoms with Crippen molar-refractivity contribution in [1.82, 2.24) is 14.5 Å². The summed E-state index contributed by atoms with van der Waals surface area (Å²) < 4.78 is 12.7. The van der Waals surface area contributed by atoms with Gasteiger partial charge in [0.1, 0.15) is 17.3 Å². The topological polar surface area (TPSA) is 56.6 Å². The van der Waals surface area contributed by atoms with Gasteiger partial charge < -0.3 is 14.0 Å². The molecule has 2 aromatic rings. The molecule has 0 aliphatic carbocycles. The maximum atomic E-state index is 12.0. The van der Waals surface area contributed by atoms with Crippen LogP contribution < -0.4 is 9.47 Å². The summed E-state index contributed by atoms with van der Waals surface area (Å²) in [4.78, 5) is 18.7. The van der Waals surface area contributed by atoms with Crippen molar-refractivity contribution in [2.75, 3.05) is 20.8 Å². The molecule has 0 saturated carbocycles. The number of piperidine rings is 1. The highest BCUT2D eigenvalue weighted by Crippen LogP contribution is 2.32. The zero-order valence-corrected chi connectivity index (χ0v) is 14.4. The molecule has 24 heavy (non-hydrogen) atoms. The molecule has 1 saturated heterocycles. The second kappa shape index (κ2) is 7.05. The molecule has 1 aromatic carbocycles. The lowest BCUT2D eigenvalue weighted by atomic mass is 9.97. The van der Waals surface area contributed by atoms with E-state index >= 15 is 0 Å². The Morgan fingerprint density at radius 3 is 2.79 bits per heavy atom. The summed E-state index contributed by atoms with van der Waals surface area (Å²) in [5, 5.41) is 0. The zero-order chi connectivity index (χ0) is 17.1. The highest BCUT2D eigenvalue weighted by atomic mass is 16.5. The molecule has 3 rings (SSSR count). The van der Waals surface area contributed by atoms with Crippen LogP contribution in [0.2, 0.25) is 0 Å². The number of nitrogens with zero attached hydrogens (tertiary/aromatic N) is 3. The molecule has 1 aliphatic heterocycles. The summed E-state index contributed by atoms with van der Waals surface area (Å²) in [7, 11) is 5.24. The third kappa shape index (κ3) is 3.43. The lowest BCUT2D eigenvalue weighted by molar-refractivity contribution is -0.123.